The van der Waals surface area contributed by atoms with E-state index < -0.39 is 0 Å². The Morgan fingerprint density at radius 3 is 2.19 bits per heavy atom. The molecule has 2 aromatic carbocycles. The summed E-state index contributed by atoms with van der Waals surface area (Å²) in [4.78, 5) is 22.8. The molecule has 0 amide bonds. The molecule has 7 nitrogen and oxygen atoms in total. The molecule has 0 atom stereocenters. The fraction of sp³-hybridized carbons (Fsp3) is 0.263. The highest BCUT2D eigenvalue weighted by Gasteiger charge is 2.08. The molecule has 0 radical (unpaired) electrons. The second-order valence-electron chi connectivity index (χ2n) is 5.51. The van der Waals surface area contributed by atoms with Crippen LogP contribution in [-0.4, -0.2) is 33.2 Å². The first-order chi connectivity index (χ1) is 12.5. The van der Waals surface area contributed by atoms with Crippen LogP contribution in [0.5, 0.6) is 0 Å². The lowest BCUT2D eigenvalue weighted by Gasteiger charge is -2.12. The van der Waals surface area contributed by atoms with Crippen molar-refractivity contribution in [3.63, 3.8) is 0 Å². The monoisotopic (exact) mass is 355 g/mol. The van der Waals surface area contributed by atoms with E-state index in [2.05, 4.69) is 15.1 Å². The third kappa shape index (κ3) is 5.41. The molecule has 0 spiro atoms. The average Bonchev–Trinajstić information content (AvgIpc) is 2.67. The number of methoxy groups -OCH3 is 2. The molecule has 2 aromatic rings. The zero-order chi connectivity index (χ0) is 18.9. The minimum absolute atomic E-state index is 0.137. The maximum atomic E-state index is 11.5. The summed E-state index contributed by atoms with van der Waals surface area (Å²) < 4.78 is 9.35. The van der Waals surface area contributed by atoms with E-state index in [1.807, 2.05) is 42.5 Å². The lowest BCUT2D eigenvalue weighted by molar-refractivity contribution is -0.140. The number of rotatable bonds is 7. The Hall–Kier alpha value is -3.22. The number of esters is 2. The minimum Gasteiger partial charge on any atom is -0.469 e. The predicted octanol–water partition coefficient (Wildman–Crippen LogP) is 3.25. The van der Waals surface area contributed by atoms with Crippen molar-refractivity contribution >= 4 is 23.3 Å². The number of anilines is 1. The van der Waals surface area contributed by atoms with Crippen LogP contribution in [0.4, 0.5) is 11.4 Å². The Kier molecular flexibility index (Phi) is 6.84. The first kappa shape index (κ1) is 19.1. The molecular weight excluding hydrogens is 334 g/mol. The number of carbonyl (C=O) groups excluding carboxylic acids is 2. The molecule has 0 fully saturated rings. The number of carbonyl (C=O) groups is 2. The molecule has 0 aromatic heterocycles. The van der Waals surface area contributed by atoms with Crippen molar-refractivity contribution in [3.05, 3.63) is 59.7 Å². The molecule has 0 saturated heterocycles. The molecule has 0 unspecified atom stereocenters. The van der Waals surface area contributed by atoms with E-state index in [1.54, 1.807) is 18.1 Å². The van der Waals surface area contributed by atoms with E-state index in [0.717, 1.165) is 16.8 Å². The van der Waals surface area contributed by atoms with Gasteiger partial charge in [-0.1, -0.05) is 35.6 Å². The van der Waals surface area contributed by atoms with Gasteiger partial charge in [0.15, 0.2) is 0 Å². The van der Waals surface area contributed by atoms with Crippen LogP contribution < -0.4 is 5.01 Å². The lowest BCUT2D eigenvalue weighted by atomic mass is 10.1. The topological polar surface area (TPSA) is 80.6 Å². The van der Waals surface area contributed by atoms with Gasteiger partial charge in [-0.15, -0.1) is 5.11 Å². The number of nitrogens with zero attached hydrogens (tertiary/aromatic N) is 3. The fourth-order valence-corrected chi connectivity index (χ4v) is 2.22. The Morgan fingerprint density at radius 1 is 0.923 bits per heavy atom. The van der Waals surface area contributed by atoms with Gasteiger partial charge in [-0.2, -0.15) is 0 Å². The van der Waals surface area contributed by atoms with Crippen LogP contribution in [0.15, 0.2) is 58.9 Å². The van der Waals surface area contributed by atoms with Crippen molar-refractivity contribution in [1.29, 1.82) is 0 Å². The molecular formula is C19H21N3O4. The van der Waals surface area contributed by atoms with Gasteiger partial charge < -0.3 is 9.47 Å². The first-order valence-corrected chi connectivity index (χ1v) is 7.99. The largest absolute Gasteiger partial charge is 0.469 e. The van der Waals surface area contributed by atoms with E-state index in [9.17, 15) is 9.59 Å². The number of ether oxygens (including phenoxy) is 2. The second kappa shape index (κ2) is 9.31. The number of hydrogen-bond acceptors (Lipinski definition) is 6. The normalized spacial score (nSPS) is 10.6. The molecule has 0 heterocycles. The highest BCUT2D eigenvalue weighted by molar-refractivity contribution is 5.74. The smallest absolute Gasteiger partial charge is 0.310 e. The molecule has 136 valence electrons. The molecule has 0 aliphatic rings. The van der Waals surface area contributed by atoms with E-state index in [1.165, 1.54) is 14.2 Å². The summed E-state index contributed by atoms with van der Waals surface area (Å²) in [7, 11) is 4.48. The molecule has 0 N–H and O–H groups in total. The van der Waals surface area contributed by atoms with Gasteiger partial charge in [0.05, 0.1) is 38.4 Å². The maximum Gasteiger partial charge on any atom is 0.310 e. The van der Waals surface area contributed by atoms with Gasteiger partial charge in [-0.25, -0.2) is 5.01 Å². The molecule has 0 aliphatic heterocycles. The Balaban J connectivity index is 2.08. The highest BCUT2D eigenvalue weighted by Crippen LogP contribution is 2.22. The van der Waals surface area contributed by atoms with E-state index in [0.29, 0.717) is 5.69 Å². The molecule has 0 saturated carbocycles. The summed E-state index contributed by atoms with van der Waals surface area (Å²) in [5.41, 5.74) is 3.01. The molecule has 26 heavy (non-hydrogen) atoms. The van der Waals surface area contributed by atoms with Crippen molar-refractivity contribution in [2.75, 3.05) is 26.3 Å². The van der Waals surface area contributed by atoms with Crippen LogP contribution in [-0.2, 0) is 31.9 Å². The number of benzene rings is 2. The summed E-state index contributed by atoms with van der Waals surface area (Å²) in [6.07, 6.45) is 0.362. The van der Waals surface area contributed by atoms with Crippen LogP contribution >= 0.6 is 0 Å². The number of hydrogen-bond donors (Lipinski definition) is 0. The summed E-state index contributed by atoms with van der Waals surface area (Å²) >= 11 is 0. The van der Waals surface area contributed by atoms with Gasteiger partial charge in [0, 0.05) is 7.05 Å². The van der Waals surface area contributed by atoms with Crippen LogP contribution in [0.1, 0.15) is 11.1 Å². The van der Waals surface area contributed by atoms with Crippen molar-refractivity contribution in [3.8, 4) is 0 Å². The van der Waals surface area contributed by atoms with E-state index in [4.69, 9.17) is 4.74 Å². The van der Waals surface area contributed by atoms with E-state index in [-0.39, 0.29) is 24.8 Å². The van der Waals surface area contributed by atoms with Crippen molar-refractivity contribution in [2.24, 2.45) is 10.3 Å². The van der Waals surface area contributed by atoms with Crippen LogP contribution in [0.3, 0.4) is 0 Å². The van der Waals surface area contributed by atoms with Crippen molar-refractivity contribution in [2.45, 2.75) is 12.8 Å². The quantitative estimate of drug-likeness (QED) is 0.433. The average molecular weight is 355 g/mol. The molecule has 2 rings (SSSR count). The molecule has 0 bridgehead atoms. The Morgan fingerprint density at radius 2 is 1.54 bits per heavy atom. The fourth-order valence-electron chi connectivity index (χ4n) is 2.22. The van der Waals surface area contributed by atoms with Gasteiger partial charge in [0.1, 0.15) is 0 Å². The molecule has 0 aliphatic carbocycles. The van der Waals surface area contributed by atoms with Crippen LogP contribution in [0.25, 0.3) is 0 Å². The molecule has 7 heteroatoms. The summed E-state index contributed by atoms with van der Waals surface area (Å²) in [5.74, 6) is -0.616. The lowest BCUT2D eigenvalue weighted by Crippen LogP contribution is -2.08. The predicted molar refractivity (Wildman–Crippen MR) is 97.2 cm³/mol. The minimum atomic E-state index is -0.331. The van der Waals surface area contributed by atoms with Crippen LogP contribution in [0, 0.1) is 0 Å². The summed E-state index contributed by atoms with van der Waals surface area (Å²) in [6.45, 7) is 0. The Labute approximate surface area is 152 Å². The van der Waals surface area contributed by atoms with Gasteiger partial charge in [-0.05, 0) is 29.3 Å². The zero-order valence-electron chi connectivity index (χ0n) is 15.0. The standard InChI is InChI=1S/C19H21N3O4/c1-22(16-10-8-14(9-11-16)12-18(23)25-2)21-20-17-7-5-4-6-15(17)13-19(24)26-3/h4-11H,12-13H2,1-3H3. The summed E-state index contributed by atoms with van der Waals surface area (Å²) in [5, 5.41) is 10.0. The van der Waals surface area contributed by atoms with Crippen molar-refractivity contribution < 1.29 is 19.1 Å². The van der Waals surface area contributed by atoms with E-state index >= 15 is 0 Å². The highest BCUT2D eigenvalue weighted by atomic mass is 16.5. The van der Waals surface area contributed by atoms with Gasteiger partial charge in [0.25, 0.3) is 0 Å². The SMILES string of the molecule is COC(=O)Cc1ccc(N(C)N=Nc2ccccc2CC(=O)OC)cc1. The third-order valence-corrected chi connectivity index (χ3v) is 3.73. The van der Waals surface area contributed by atoms with Gasteiger partial charge in [0.2, 0.25) is 0 Å². The van der Waals surface area contributed by atoms with Crippen LogP contribution in [0.2, 0.25) is 0 Å². The first-order valence-electron chi connectivity index (χ1n) is 7.99. The Bertz CT molecular complexity index is 788. The second-order valence-corrected chi connectivity index (χ2v) is 5.51. The summed E-state index contributed by atoms with van der Waals surface area (Å²) in [6, 6.07) is 14.6. The third-order valence-electron chi connectivity index (χ3n) is 3.73. The zero-order valence-corrected chi connectivity index (χ0v) is 15.0. The van der Waals surface area contributed by atoms with Crippen molar-refractivity contribution in [1.82, 2.24) is 0 Å². The van der Waals surface area contributed by atoms with Gasteiger partial charge >= 0.3 is 11.9 Å². The van der Waals surface area contributed by atoms with Gasteiger partial charge in [-0.3, -0.25) is 9.59 Å². The maximum absolute atomic E-state index is 11.5.